The highest BCUT2D eigenvalue weighted by atomic mass is 16.3. The van der Waals surface area contributed by atoms with Crippen molar-refractivity contribution in [2.75, 3.05) is 6.54 Å². The number of rotatable bonds is 4. The van der Waals surface area contributed by atoms with E-state index in [0.29, 0.717) is 6.42 Å². The van der Waals surface area contributed by atoms with Crippen LogP contribution in [0.3, 0.4) is 0 Å². The van der Waals surface area contributed by atoms with Gasteiger partial charge in [-0.05, 0) is 30.4 Å². The normalized spacial score (nSPS) is 20.6. The number of nitrogens with two attached hydrogens (primary N) is 1. The molecule has 1 fully saturated rings. The van der Waals surface area contributed by atoms with Crippen LogP contribution in [0.4, 0.5) is 0 Å². The zero-order chi connectivity index (χ0) is 13.0. The Bertz CT molecular complexity index is 386. The summed E-state index contributed by atoms with van der Waals surface area (Å²) in [6.07, 6.45) is 5.14. The van der Waals surface area contributed by atoms with Gasteiger partial charge >= 0.3 is 0 Å². The van der Waals surface area contributed by atoms with Crippen molar-refractivity contribution in [2.24, 2.45) is 5.73 Å². The Morgan fingerprint density at radius 2 is 1.94 bits per heavy atom. The van der Waals surface area contributed by atoms with Crippen molar-refractivity contribution in [1.29, 1.82) is 0 Å². The highest BCUT2D eigenvalue weighted by molar-refractivity contribution is 5.29. The molecule has 1 aliphatic carbocycles. The minimum atomic E-state index is -0.665. The molecule has 3 nitrogen and oxygen atoms in total. The lowest BCUT2D eigenvalue weighted by molar-refractivity contribution is -0.000730. The molecule has 1 saturated carbocycles. The predicted octanol–water partition coefficient (Wildman–Crippen LogP) is 1.70. The second-order valence-corrected chi connectivity index (χ2v) is 5.39. The second kappa shape index (κ2) is 5.83. The molecule has 0 aliphatic heterocycles. The van der Waals surface area contributed by atoms with Crippen molar-refractivity contribution < 1.29 is 10.2 Å². The quantitative estimate of drug-likeness (QED) is 0.761. The maximum atomic E-state index is 10.7. The van der Waals surface area contributed by atoms with Gasteiger partial charge in [0.25, 0.3) is 0 Å². The first-order valence-corrected chi connectivity index (χ1v) is 6.84. The van der Waals surface area contributed by atoms with Crippen molar-refractivity contribution >= 4 is 0 Å². The lowest BCUT2D eigenvalue weighted by Crippen LogP contribution is -2.28. The topological polar surface area (TPSA) is 66.5 Å². The molecule has 1 aliphatic rings. The standard InChI is InChI=1S/C15H23NO2/c16-11-14(17)10-12-5-4-6-13(9-12)15(18)7-2-1-3-8-15/h4-6,9,14,17-18H,1-3,7-8,10-11,16H2. The van der Waals surface area contributed by atoms with Gasteiger partial charge in [0.15, 0.2) is 0 Å². The van der Waals surface area contributed by atoms with Gasteiger partial charge < -0.3 is 15.9 Å². The van der Waals surface area contributed by atoms with E-state index < -0.39 is 11.7 Å². The molecule has 1 atom stereocenters. The van der Waals surface area contributed by atoms with Crippen LogP contribution in [0, 0.1) is 0 Å². The predicted molar refractivity (Wildman–Crippen MR) is 72.2 cm³/mol. The third-order valence-corrected chi connectivity index (χ3v) is 3.89. The van der Waals surface area contributed by atoms with E-state index in [1.165, 1.54) is 6.42 Å². The first kappa shape index (κ1) is 13.5. The molecule has 0 bridgehead atoms. The maximum Gasteiger partial charge on any atom is 0.0896 e. The number of benzene rings is 1. The molecule has 100 valence electrons. The largest absolute Gasteiger partial charge is 0.391 e. The SMILES string of the molecule is NCC(O)Cc1cccc(C2(O)CCCCC2)c1. The summed E-state index contributed by atoms with van der Waals surface area (Å²) in [6.45, 7) is 0.272. The highest BCUT2D eigenvalue weighted by Crippen LogP contribution is 2.37. The van der Waals surface area contributed by atoms with Crippen LogP contribution in [0.15, 0.2) is 24.3 Å². The van der Waals surface area contributed by atoms with Gasteiger partial charge in [-0.1, -0.05) is 43.5 Å². The summed E-state index contributed by atoms with van der Waals surface area (Å²) in [5, 5.41) is 20.3. The zero-order valence-electron chi connectivity index (χ0n) is 10.8. The van der Waals surface area contributed by atoms with Gasteiger partial charge in [0, 0.05) is 6.54 Å². The average Bonchev–Trinajstić information content (AvgIpc) is 2.40. The average molecular weight is 249 g/mol. The van der Waals surface area contributed by atoms with Crippen LogP contribution in [-0.4, -0.2) is 22.9 Å². The monoisotopic (exact) mass is 249 g/mol. The number of hydrogen-bond donors (Lipinski definition) is 3. The first-order chi connectivity index (χ1) is 8.64. The Balaban J connectivity index is 2.15. The van der Waals surface area contributed by atoms with E-state index in [9.17, 15) is 10.2 Å². The summed E-state index contributed by atoms with van der Waals surface area (Å²) in [7, 11) is 0. The molecule has 18 heavy (non-hydrogen) atoms. The molecule has 0 heterocycles. The molecule has 2 rings (SSSR count). The molecule has 1 aromatic rings. The Labute approximate surface area is 109 Å². The van der Waals surface area contributed by atoms with Gasteiger partial charge in [0.2, 0.25) is 0 Å². The number of hydrogen-bond acceptors (Lipinski definition) is 3. The minimum Gasteiger partial charge on any atom is -0.391 e. The van der Waals surface area contributed by atoms with Crippen molar-refractivity contribution in [3.05, 3.63) is 35.4 Å². The van der Waals surface area contributed by atoms with Gasteiger partial charge in [0.05, 0.1) is 11.7 Å². The van der Waals surface area contributed by atoms with Crippen molar-refractivity contribution in [3.63, 3.8) is 0 Å². The fourth-order valence-corrected chi connectivity index (χ4v) is 2.77. The molecule has 0 amide bonds. The van der Waals surface area contributed by atoms with Gasteiger partial charge in [-0.25, -0.2) is 0 Å². The maximum absolute atomic E-state index is 10.7. The molecule has 1 unspecified atom stereocenters. The van der Waals surface area contributed by atoms with E-state index in [4.69, 9.17) is 5.73 Å². The summed E-state index contributed by atoms with van der Waals surface area (Å²) in [5.74, 6) is 0. The third kappa shape index (κ3) is 3.10. The fraction of sp³-hybridized carbons (Fsp3) is 0.600. The van der Waals surface area contributed by atoms with Crippen LogP contribution in [0.1, 0.15) is 43.2 Å². The zero-order valence-corrected chi connectivity index (χ0v) is 10.8. The van der Waals surface area contributed by atoms with Crippen molar-refractivity contribution in [2.45, 2.75) is 50.2 Å². The summed E-state index contributed by atoms with van der Waals surface area (Å²) in [6, 6.07) is 7.95. The van der Waals surface area contributed by atoms with Crippen LogP contribution >= 0.6 is 0 Å². The molecule has 4 N–H and O–H groups in total. The summed E-state index contributed by atoms with van der Waals surface area (Å²) >= 11 is 0. The number of aliphatic hydroxyl groups excluding tert-OH is 1. The number of aliphatic hydroxyl groups is 2. The van der Waals surface area contributed by atoms with Crippen molar-refractivity contribution in [1.82, 2.24) is 0 Å². The smallest absolute Gasteiger partial charge is 0.0896 e. The fourth-order valence-electron chi connectivity index (χ4n) is 2.77. The third-order valence-electron chi connectivity index (χ3n) is 3.89. The van der Waals surface area contributed by atoms with Crippen LogP contribution in [0.5, 0.6) is 0 Å². The van der Waals surface area contributed by atoms with Gasteiger partial charge in [-0.2, -0.15) is 0 Å². The molecular formula is C15H23NO2. The Hall–Kier alpha value is -0.900. The molecule has 0 spiro atoms. The van der Waals surface area contributed by atoms with E-state index in [2.05, 4.69) is 0 Å². The van der Waals surface area contributed by atoms with E-state index in [-0.39, 0.29) is 6.54 Å². The lowest BCUT2D eigenvalue weighted by atomic mass is 9.79. The van der Waals surface area contributed by atoms with Crippen LogP contribution < -0.4 is 5.73 Å². The molecule has 0 saturated heterocycles. The summed E-state index contributed by atoms with van der Waals surface area (Å²) < 4.78 is 0. The van der Waals surface area contributed by atoms with E-state index >= 15 is 0 Å². The highest BCUT2D eigenvalue weighted by Gasteiger charge is 2.31. The van der Waals surface area contributed by atoms with Crippen LogP contribution in [0.2, 0.25) is 0 Å². The molecular weight excluding hydrogens is 226 g/mol. The molecule has 0 radical (unpaired) electrons. The second-order valence-electron chi connectivity index (χ2n) is 5.39. The van der Waals surface area contributed by atoms with Crippen LogP contribution in [-0.2, 0) is 12.0 Å². The Morgan fingerprint density at radius 1 is 1.22 bits per heavy atom. The minimum absolute atomic E-state index is 0.272. The van der Waals surface area contributed by atoms with Gasteiger partial charge in [0.1, 0.15) is 0 Å². The van der Waals surface area contributed by atoms with E-state index in [1.807, 2.05) is 24.3 Å². The Kier molecular flexibility index (Phi) is 4.38. The van der Waals surface area contributed by atoms with E-state index in [0.717, 1.165) is 36.8 Å². The van der Waals surface area contributed by atoms with Crippen molar-refractivity contribution in [3.8, 4) is 0 Å². The molecule has 1 aromatic carbocycles. The molecule has 0 aromatic heterocycles. The van der Waals surface area contributed by atoms with Gasteiger partial charge in [-0.3, -0.25) is 0 Å². The Morgan fingerprint density at radius 3 is 2.61 bits per heavy atom. The van der Waals surface area contributed by atoms with E-state index in [1.54, 1.807) is 0 Å². The first-order valence-electron chi connectivity index (χ1n) is 6.84. The van der Waals surface area contributed by atoms with Gasteiger partial charge in [-0.15, -0.1) is 0 Å². The van der Waals surface area contributed by atoms with Crippen LogP contribution in [0.25, 0.3) is 0 Å². The molecule has 3 heteroatoms. The summed E-state index contributed by atoms with van der Waals surface area (Å²) in [4.78, 5) is 0. The summed E-state index contributed by atoms with van der Waals surface area (Å²) in [5.41, 5.74) is 6.80. The lowest BCUT2D eigenvalue weighted by Gasteiger charge is -2.33.